The number of benzene rings is 4. The molecule has 4 aromatic rings. The minimum Gasteiger partial charge on any atom is -0.744 e. The van der Waals surface area contributed by atoms with Crippen molar-refractivity contribution in [3.05, 3.63) is 139 Å². The lowest BCUT2D eigenvalue weighted by Gasteiger charge is -2.24. The van der Waals surface area contributed by atoms with Gasteiger partial charge in [-0.15, -0.1) is 0 Å². The van der Waals surface area contributed by atoms with Crippen LogP contribution in [-0.4, -0.2) is 33.4 Å². The summed E-state index contributed by atoms with van der Waals surface area (Å²) in [6.07, 6.45) is 6.97. The van der Waals surface area contributed by atoms with Crippen LogP contribution in [0.3, 0.4) is 0 Å². The molecule has 0 aliphatic heterocycles. The number of aryl methyl sites for hydroxylation is 4. The smallest absolute Gasteiger partial charge is 0.210 e. The second-order valence-electron chi connectivity index (χ2n) is 15.7. The van der Waals surface area contributed by atoms with E-state index in [-0.39, 0.29) is 22.3 Å². The lowest BCUT2D eigenvalue weighted by atomic mass is 9.84. The molecule has 7 nitrogen and oxygen atoms in total. The fourth-order valence-corrected chi connectivity index (χ4v) is 8.90. The van der Waals surface area contributed by atoms with Crippen molar-refractivity contribution >= 4 is 48.3 Å². The first-order chi connectivity index (χ1) is 25.5. The van der Waals surface area contributed by atoms with E-state index in [4.69, 9.17) is 0 Å². The van der Waals surface area contributed by atoms with Crippen LogP contribution in [0.2, 0.25) is 0 Å². The molecule has 290 valence electrons. The average Bonchev–Trinajstić information content (AvgIpc) is 3.10. The molecule has 0 heterocycles. The average molecular weight is 779 g/mol. The zero-order valence-corrected chi connectivity index (χ0v) is 36.0. The predicted molar refractivity (Wildman–Crippen MR) is 226 cm³/mol. The molecule has 0 saturated heterocycles. The van der Waals surface area contributed by atoms with Crippen molar-refractivity contribution in [3.63, 3.8) is 0 Å². The fourth-order valence-electron chi connectivity index (χ4n) is 7.47. The molecule has 9 heteroatoms. The summed E-state index contributed by atoms with van der Waals surface area (Å²) in [5, 5.41) is 3.70. The van der Waals surface area contributed by atoms with Crippen molar-refractivity contribution in [3.8, 4) is 0 Å². The third-order valence-electron chi connectivity index (χ3n) is 11.1. The van der Waals surface area contributed by atoms with E-state index in [9.17, 15) is 21.4 Å². The lowest BCUT2D eigenvalue weighted by Crippen LogP contribution is -2.67. The van der Waals surface area contributed by atoms with Gasteiger partial charge in [0, 0.05) is 46.0 Å². The summed E-state index contributed by atoms with van der Waals surface area (Å²) in [6.45, 7) is 25.3. The molecule has 55 heavy (non-hydrogen) atoms. The summed E-state index contributed by atoms with van der Waals surface area (Å²) in [4.78, 5) is 2.87. The van der Waals surface area contributed by atoms with E-state index < -0.39 is 24.9 Å². The van der Waals surface area contributed by atoms with E-state index >= 15 is 0 Å². The summed E-state index contributed by atoms with van der Waals surface area (Å²) in [6, 6.07) is 14.1. The molecule has 0 amide bonds. The third-order valence-corrected chi connectivity index (χ3v) is 13.1. The second-order valence-corrected chi connectivity index (χ2v) is 19.1. The molecule has 4 aromatic carbocycles. The molecule has 1 aliphatic carbocycles. The van der Waals surface area contributed by atoms with Crippen molar-refractivity contribution in [1.29, 1.82) is 0 Å². The zero-order valence-electron chi connectivity index (χ0n) is 34.4. The van der Waals surface area contributed by atoms with Gasteiger partial charge in [-0.3, -0.25) is 0 Å². The molecule has 0 radical (unpaired) electrons. The Bertz CT molecular complexity index is 2590. The van der Waals surface area contributed by atoms with Gasteiger partial charge in [0.05, 0.1) is 9.79 Å². The van der Waals surface area contributed by atoms with Crippen LogP contribution in [0.25, 0.3) is 5.57 Å². The van der Waals surface area contributed by atoms with Gasteiger partial charge >= 0.3 is 0 Å². The number of nitrogens with one attached hydrogen (secondary N) is 2. The monoisotopic (exact) mass is 778 g/mol. The number of allylic oxidation sites excluding steroid dienone is 5. The molecule has 0 unspecified atom stereocenters. The molecular weight excluding hydrogens is 725 g/mol. The highest BCUT2D eigenvalue weighted by molar-refractivity contribution is 7.90. The Balaban J connectivity index is 1.83. The zero-order chi connectivity index (χ0) is 40.9. The van der Waals surface area contributed by atoms with Crippen LogP contribution in [0.5, 0.6) is 0 Å². The summed E-state index contributed by atoms with van der Waals surface area (Å²) in [5.74, 6) is 0.127. The number of anilines is 2. The van der Waals surface area contributed by atoms with Crippen molar-refractivity contribution in [2.24, 2.45) is 5.92 Å². The fraction of sp³-hybridized carbons (Fsp3) is 0.326. The molecule has 0 spiro atoms. The second kappa shape index (κ2) is 15.5. The Morgan fingerprint density at radius 2 is 1.31 bits per heavy atom. The van der Waals surface area contributed by atoms with Crippen LogP contribution in [0, 0.1) is 61.3 Å². The molecule has 0 saturated carbocycles. The summed E-state index contributed by atoms with van der Waals surface area (Å²) < 4.78 is 64.2. The first-order valence-electron chi connectivity index (χ1n) is 18.7. The Morgan fingerprint density at radius 3 is 1.89 bits per heavy atom. The van der Waals surface area contributed by atoms with Crippen molar-refractivity contribution in [1.82, 2.24) is 0 Å². The van der Waals surface area contributed by atoms with Gasteiger partial charge in [-0.1, -0.05) is 45.9 Å². The van der Waals surface area contributed by atoms with Gasteiger partial charge < -0.3 is 9.87 Å². The van der Waals surface area contributed by atoms with E-state index in [1.54, 1.807) is 0 Å². The summed E-state index contributed by atoms with van der Waals surface area (Å²) >= 11 is 0. The Labute approximate surface area is 328 Å². The molecule has 0 aromatic heterocycles. The Hall–Kier alpha value is -4.57. The first-order valence-corrected chi connectivity index (χ1v) is 22.0. The van der Waals surface area contributed by atoms with Crippen LogP contribution in [0.15, 0.2) is 87.7 Å². The molecule has 0 atom stereocenters. The van der Waals surface area contributed by atoms with E-state index in [0.717, 1.165) is 57.4 Å². The molecule has 0 fully saturated rings. The minimum absolute atomic E-state index is 0.0634. The first kappa shape index (κ1) is 41.6. The van der Waals surface area contributed by atoms with E-state index in [1.165, 1.54) is 45.5 Å². The van der Waals surface area contributed by atoms with Gasteiger partial charge in [-0.25, -0.2) is 21.8 Å². The van der Waals surface area contributed by atoms with Gasteiger partial charge in [-0.05, 0) is 165 Å². The van der Waals surface area contributed by atoms with Gasteiger partial charge in [0.15, 0.2) is 9.84 Å². The quantitative estimate of drug-likeness (QED) is 0.164. The maximum atomic E-state index is 13.0. The Kier molecular flexibility index (Phi) is 11.7. The SMILES string of the molecule is Cc1cc(C)c(Nc2ccc(C(=C3C=CC(=[NH+]c4c(C)cc(C)c(C)c4C)C(C(C)C)=C3)c3ccc(S(C)(=O)=O)cc3S(=O)(=O)[O-])cc2C(C)C)c(C)c1C. The van der Waals surface area contributed by atoms with Crippen LogP contribution < -0.4 is 10.3 Å². The lowest BCUT2D eigenvalue weighted by molar-refractivity contribution is -0.353. The summed E-state index contributed by atoms with van der Waals surface area (Å²) in [7, 11) is -8.94. The number of hydrogen-bond donors (Lipinski definition) is 2. The van der Waals surface area contributed by atoms with Gasteiger partial charge in [-0.2, -0.15) is 0 Å². The highest BCUT2D eigenvalue weighted by Crippen LogP contribution is 2.40. The van der Waals surface area contributed by atoms with Gasteiger partial charge in [0.1, 0.15) is 10.1 Å². The molecule has 5 rings (SSSR count). The molecule has 2 N–H and O–H groups in total. The highest BCUT2D eigenvalue weighted by Gasteiger charge is 2.26. The number of rotatable bonds is 9. The van der Waals surface area contributed by atoms with Gasteiger partial charge in [0.2, 0.25) is 11.4 Å². The van der Waals surface area contributed by atoms with Crippen LogP contribution in [0.4, 0.5) is 17.1 Å². The minimum atomic E-state index is -5.12. The maximum Gasteiger partial charge on any atom is 0.210 e. The van der Waals surface area contributed by atoms with Gasteiger partial charge in [0.25, 0.3) is 0 Å². The summed E-state index contributed by atoms with van der Waals surface area (Å²) in [5.41, 5.74) is 17.4. The largest absolute Gasteiger partial charge is 0.744 e. The van der Waals surface area contributed by atoms with E-state index in [1.807, 2.05) is 36.4 Å². The van der Waals surface area contributed by atoms with E-state index in [2.05, 4.69) is 106 Å². The van der Waals surface area contributed by atoms with Crippen molar-refractivity contribution in [2.45, 2.75) is 98.8 Å². The topological polar surface area (TPSA) is 117 Å². The van der Waals surface area contributed by atoms with Crippen LogP contribution in [-0.2, 0) is 20.0 Å². The van der Waals surface area contributed by atoms with Crippen LogP contribution in [0.1, 0.15) is 94.8 Å². The number of sulfone groups is 1. The number of hydrogen-bond acceptors (Lipinski definition) is 6. The highest BCUT2D eigenvalue weighted by atomic mass is 32.2. The van der Waals surface area contributed by atoms with Crippen molar-refractivity contribution in [2.75, 3.05) is 11.6 Å². The third kappa shape index (κ3) is 8.49. The Morgan fingerprint density at radius 1 is 0.691 bits per heavy atom. The predicted octanol–water partition coefficient (Wildman–Crippen LogP) is 9.14. The normalized spacial score (nSPS) is 15.3. The molecular formula is C46H54N2O5S2. The molecule has 1 aliphatic rings. The standard InChI is InChI=1S/C46H54N2O5S2/c1-25(2)39-22-35(14-18-41(39)47-45-29(7)20-27(5)31(9)33(45)11)44(38-17-16-37(54(13,49)50)24-43(38)55(51,52)53)36-15-19-42(40(23-36)26(3)4)48-46-30(8)21-28(6)32(10)34(46)12/h14-26,47H,1-13H3,(H,51,52,53). The van der Waals surface area contributed by atoms with Crippen LogP contribution >= 0.6 is 0 Å². The molecule has 0 bridgehead atoms. The maximum absolute atomic E-state index is 13.0. The van der Waals surface area contributed by atoms with E-state index in [0.29, 0.717) is 16.7 Å². The van der Waals surface area contributed by atoms with Crippen molar-refractivity contribution < 1.29 is 26.4 Å².